The Balaban J connectivity index is 1.37. The van der Waals surface area contributed by atoms with E-state index in [1.807, 2.05) is 0 Å². The molecular weight excluding hydrogens is 1780 g/mol. The number of unbranched alkanes of at least 4 members (excludes halogenated alkanes) is 90. The van der Waals surface area contributed by atoms with Crippen LogP contribution in [-0.2, 0) is 19.3 Å². The summed E-state index contributed by atoms with van der Waals surface area (Å²) in [4.78, 5) is 8.48. The van der Waals surface area contributed by atoms with E-state index >= 15 is 0 Å². The molecule has 0 aliphatic rings. The number of benzene rings is 6. The van der Waals surface area contributed by atoms with Crippen LogP contribution < -0.4 is 14.7 Å². The van der Waals surface area contributed by atoms with Gasteiger partial charge < -0.3 is 14.7 Å². The summed E-state index contributed by atoms with van der Waals surface area (Å²) in [5.41, 5.74) is 16.9. The van der Waals surface area contributed by atoms with Crippen LogP contribution in [0.1, 0.15) is 697 Å². The highest BCUT2D eigenvalue weighted by atomic mass is 15.2. The third-order valence-corrected chi connectivity index (χ3v) is 34.0. The second-order valence-corrected chi connectivity index (χ2v) is 47.6. The molecule has 6 aromatic rings. The minimum atomic E-state index is -0.0870. The van der Waals surface area contributed by atoms with Crippen molar-refractivity contribution in [3.8, 4) is 0 Å². The van der Waals surface area contributed by atoms with Crippen LogP contribution >= 0.6 is 0 Å². The first-order chi connectivity index (χ1) is 73.5. The number of para-hydroxylation sites is 3. The zero-order valence-corrected chi connectivity index (χ0v) is 99.9. The molecule has 842 valence electrons. The fourth-order valence-electron chi connectivity index (χ4n) is 24.2. The van der Waals surface area contributed by atoms with Gasteiger partial charge in [0.15, 0.2) is 0 Å². The monoisotopic (exact) mass is 2030 g/mol. The predicted molar refractivity (Wildman–Crippen MR) is 669 cm³/mol. The summed E-state index contributed by atoms with van der Waals surface area (Å²) in [6.45, 7) is 17.0. The van der Waals surface area contributed by atoms with E-state index in [1.54, 1.807) is 0 Å². The Labute approximate surface area is 924 Å². The van der Waals surface area contributed by atoms with Crippen LogP contribution in [-0.4, -0.2) is 19.6 Å². The lowest BCUT2D eigenvalue weighted by Gasteiger charge is -2.36. The Morgan fingerprint density at radius 1 is 0.128 bits per heavy atom. The molecule has 0 amide bonds. The van der Waals surface area contributed by atoms with Gasteiger partial charge in [0.1, 0.15) is 0 Å². The lowest BCUT2D eigenvalue weighted by atomic mass is 9.81. The quantitative estimate of drug-likeness (QED) is 0.0278. The molecular formula is C145H247N3. The van der Waals surface area contributed by atoms with E-state index in [2.05, 4.69) is 202 Å². The summed E-state index contributed by atoms with van der Waals surface area (Å²) >= 11 is 0. The summed E-state index contributed by atoms with van der Waals surface area (Å²) in [5, 5.41) is 0. The summed E-state index contributed by atoms with van der Waals surface area (Å²) < 4.78 is 0. The van der Waals surface area contributed by atoms with E-state index in [4.69, 9.17) is 0 Å². The van der Waals surface area contributed by atoms with Crippen molar-refractivity contribution in [1.82, 2.24) is 0 Å². The zero-order valence-electron chi connectivity index (χ0n) is 99.9. The van der Waals surface area contributed by atoms with E-state index in [9.17, 15) is 0 Å². The van der Waals surface area contributed by atoms with Crippen LogP contribution in [0, 0.1) is 0 Å². The maximum Gasteiger partial charge on any atom is 0.0453 e. The third-order valence-electron chi connectivity index (χ3n) is 34.0. The molecule has 0 aliphatic carbocycles. The van der Waals surface area contributed by atoms with Gasteiger partial charge in [-0.1, -0.05) is 710 Å². The van der Waals surface area contributed by atoms with Crippen molar-refractivity contribution in [3.63, 3.8) is 0 Å². The number of hydrogen-bond donors (Lipinski definition) is 0. The average molecular weight is 2030 g/mol. The maximum absolute atomic E-state index is 2.83. The van der Waals surface area contributed by atoms with Gasteiger partial charge in [-0.25, -0.2) is 0 Å². The van der Waals surface area contributed by atoms with Gasteiger partial charge in [0.25, 0.3) is 0 Å². The fraction of sp³-hybridized carbons (Fsp3) is 0.752. The van der Waals surface area contributed by atoms with Gasteiger partial charge in [-0.15, -0.1) is 0 Å². The Kier molecular flexibility index (Phi) is 87.5. The van der Waals surface area contributed by atoms with E-state index in [0.717, 1.165) is 19.6 Å². The molecule has 0 fully saturated rings. The van der Waals surface area contributed by atoms with Crippen molar-refractivity contribution in [1.29, 1.82) is 0 Å². The molecule has 3 nitrogen and oxygen atoms in total. The van der Waals surface area contributed by atoms with Crippen molar-refractivity contribution in [2.24, 2.45) is 0 Å². The zero-order chi connectivity index (χ0) is 104. The molecule has 0 atom stereocenters. The van der Waals surface area contributed by atoms with Gasteiger partial charge in [-0.05, 0) is 146 Å². The maximum atomic E-state index is 2.83. The number of aryl methyl sites for hydroxylation is 3. The van der Waals surface area contributed by atoms with E-state index in [0.29, 0.717) is 0 Å². The summed E-state index contributed by atoms with van der Waals surface area (Å²) in [5.74, 6) is -0.0870. The normalized spacial score (nSPS) is 11.7. The summed E-state index contributed by atoms with van der Waals surface area (Å²) in [7, 11) is 0. The second kappa shape index (κ2) is 98.6. The van der Waals surface area contributed by atoms with Gasteiger partial charge in [-0.2, -0.15) is 0 Å². The van der Waals surface area contributed by atoms with Crippen LogP contribution in [0.3, 0.4) is 0 Å². The first kappa shape index (κ1) is 131. The minimum absolute atomic E-state index is 0.0870. The Hall–Kier alpha value is -5.28. The van der Waals surface area contributed by atoms with E-state index in [1.165, 1.54) is 703 Å². The highest BCUT2D eigenvalue weighted by molar-refractivity contribution is 5.78. The number of hydrogen-bond acceptors (Lipinski definition) is 3. The lowest BCUT2D eigenvalue weighted by molar-refractivity contribution is 0.529. The van der Waals surface area contributed by atoms with E-state index < -0.39 is 0 Å². The molecule has 0 unspecified atom stereocenters. The molecule has 0 spiro atoms. The molecule has 0 saturated heterocycles. The first-order valence-electron chi connectivity index (χ1n) is 67.4. The highest BCUT2D eigenvalue weighted by Gasteiger charge is 2.31. The van der Waals surface area contributed by atoms with Crippen LogP contribution in [0.5, 0.6) is 0 Å². The van der Waals surface area contributed by atoms with Gasteiger partial charge in [-0.3, -0.25) is 0 Å². The topological polar surface area (TPSA) is 9.72 Å². The summed E-state index contributed by atoms with van der Waals surface area (Å²) in [6, 6.07) is 60.5. The molecule has 0 aromatic heterocycles. The number of anilines is 6. The molecule has 0 N–H and O–H groups in total. The molecule has 0 heterocycles. The molecule has 6 aromatic carbocycles. The Morgan fingerprint density at radius 2 is 0.250 bits per heavy atom. The van der Waals surface area contributed by atoms with Gasteiger partial charge in [0, 0.05) is 59.7 Å². The highest BCUT2D eigenvalue weighted by Crippen LogP contribution is 2.49. The first-order valence-corrected chi connectivity index (χ1v) is 67.4. The van der Waals surface area contributed by atoms with Crippen LogP contribution in [0.15, 0.2) is 146 Å². The SMILES string of the molecule is CCCCCCCCCCCCCCCCCCc1ccc(N(CCCCCCCCCCCCCCCCCC)c2ccccc2C(c2ccccc2N(CCCCCCCCCCCCCCCCCC)c2ccc(CCCCCCCCCCCCCCCCCC)cc2)c2ccccc2N(CCCCCCCCCCCCCCCCCC)c2ccc(CCCCCCCCCCCCCCCCCC)cc2)cc1. The Bertz CT molecular complexity index is 3360. The van der Waals surface area contributed by atoms with Crippen molar-refractivity contribution >= 4 is 34.1 Å². The van der Waals surface area contributed by atoms with Crippen LogP contribution in [0.25, 0.3) is 0 Å². The molecule has 0 aliphatic heterocycles. The Morgan fingerprint density at radius 3 is 0.392 bits per heavy atom. The fourth-order valence-corrected chi connectivity index (χ4v) is 24.2. The second-order valence-electron chi connectivity index (χ2n) is 47.6. The molecule has 6 rings (SSSR count). The number of nitrogens with zero attached hydrogens (tertiary/aromatic N) is 3. The molecule has 0 radical (unpaired) electrons. The van der Waals surface area contributed by atoms with Crippen LogP contribution in [0.2, 0.25) is 0 Å². The minimum Gasteiger partial charge on any atom is -0.341 e. The smallest absolute Gasteiger partial charge is 0.0453 e. The lowest BCUT2D eigenvalue weighted by Crippen LogP contribution is -2.25. The van der Waals surface area contributed by atoms with Crippen molar-refractivity contribution in [3.05, 3.63) is 179 Å². The van der Waals surface area contributed by atoms with Crippen molar-refractivity contribution in [2.45, 2.75) is 683 Å². The van der Waals surface area contributed by atoms with E-state index in [-0.39, 0.29) is 5.92 Å². The van der Waals surface area contributed by atoms with Gasteiger partial charge in [0.05, 0.1) is 0 Å². The predicted octanol–water partition coefficient (Wildman–Crippen LogP) is 50.5. The number of rotatable bonds is 111. The molecule has 0 saturated carbocycles. The third kappa shape index (κ3) is 67.5. The van der Waals surface area contributed by atoms with Crippen molar-refractivity contribution < 1.29 is 0 Å². The van der Waals surface area contributed by atoms with Crippen molar-refractivity contribution in [2.75, 3.05) is 34.3 Å². The summed E-state index contributed by atoms with van der Waals surface area (Å²) in [6.07, 6.45) is 138. The standard InChI is InChI=1S/C145H247N3/c1-7-13-19-25-31-37-43-49-55-61-67-73-79-85-91-97-109-133-118-124-136(125-119-133)146(130-106-94-88-82-76-70-64-58-52-46-40-34-28-22-16-10-4)142-115-103-100-112-139(142)145(140-113-101-104-116-143(140)147(131-107-95-89-83-77-71-65-59-53-47-41-35-29-23-17-11-5)137-126-120-134(121-127-137)110-98-92-86-80-74-68-62-56-50-44-38-32-26-20-14-8-2)141-114-102-105-117-144(141)148(132-108-96-90-84-78-72-66-60-54-48-42-36-30-24-18-12-6)138-128-122-135(123-129-138)111-99-93-87-81-75-69-63-57-51-45-39-33-27-21-15-9-3/h100-105,112-129,145H,7-99,106-111,130-132H2,1-6H3. The van der Waals surface area contributed by atoms with Gasteiger partial charge >= 0.3 is 0 Å². The largest absolute Gasteiger partial charge is 0.341 e. The molecule has 0 bridgehead atoms. The molecule has 148 heavy (non-hydrogen) atoms. The van der Waals surface area contributed by atoms with Crippen LogP contribution in [0.4, 0.5) is 34.1 Å². The van der Waals surface area contributed by atoms with Gasteiger partial charge in [0.2, 0.25) is 0 Å². The molecule has 3 heteroatoms. The average Bonchev–Trinajstić information content (AvgIpc) is 0.752.